The zero-order valence-electron chi connectivity index (χ0n) is 10.6. The van der Waals surface area contributed by atoms with Gasteiger partial charge in [-0.2, -0.15) is 0 Å². The van der Waals surface area contributed by atoms with Crippen molar-refractivity contribution in [3.63, 3.8) is 0 Å². The van der Waals surface area contributed by atoms with E-state index in [1.54, 1.807) is 32.0 Å². The van der Waals surface area contributed by atoms with E-state index in [9.17, 15) is 9.59 Å². The predicted molar refractivity (Wildman–Crippen MR) is 69.9 cm³/mol. The number of amides is 2. The standard InChI is InChI=1S/C13H17N3O2/c1-13(2,15)7-12(18)16-10-4-3-9(14)5-8(10)6-11(16)17/h3-5H,6-7,14-15H2,1-2H3. The number of imide groups is 1. The number of carbonyl (C=O) groups is 2. The summed E-state index contributed by atoms with van der Waals surface area (Å²) in [6.45, 7) is 3.52. The number of rotatable bonds is 2. The number of nitrogens with zero attached hydrogens (tertiary/aromatic N) is 1. The van der Waals surface area contributed by atoms with Crippen molar-refractivity contribution < 1.29 is 9.59 Å². The van der Waals surface area contributed by atoms with Gasteiger partial charge in [0.2, 0.25) is 11.8 Å². The molecule has 2 rings (SSSR count). The zero-order valence-corrected chi connectivity index (χ0v) is 10.6. The molecule has 4 N–H and O–H groups in total. The summed E-state index contributed by atoms with van der Waals surface area (Å²) in [6, 6.07) is 5.12. The topological polar surface area (TPSA) is 89.4 Å². The van der Waals surface area contributed by atoms with Crippen LogP contribution in [-0.2, 0) is 16.0 Å². The van der Waals surface area contributed by atoms with Crippen molar-refractivity contribution in [2.45, 2.75) is 32.2 Å². The van der Waals surface area contributed by atoms with E-state index in [-0.39, 0.29) is 24.7 Å². The fourth-order valence-electron chi connectivity index (χ4n) is 2.08. The second-order valence-electron chi connectivity index (χ2n) is 5.35. The summed E-state index contributed by atoms with van der Waals surface area (Å²) in [6.07, 6.45) is 0.347. The molecule has 0 aromatic heterocycles. The quantitative estimate of drug-likeness (QED) is 0.757. The number of nitrogen functional groups attached to an aromatic ring is 1. The Morgan fingerprint density at radius 1 is 1.44 bits per heavy atom. The molecule has 0 saturated heterocycles. The third kappa shape index (κ3) is 2.36. The highest BCUT2D eigenvalue weighted by Crippen LogP contribution is 2.31. The van der Waals surface area contributed by atoms with Crippen molar-refractivity contribution >= 4 is 23.2 Å². The van der Waals surface area contributed by atoms with Crippen LogP contribution in [0.2, 0.25) is 0 Å². The van der Waals surface area contributed by atoms with E-state index in [0.29, 0.717) is 11.4 Å². The van der Waals surface area contributed by atoms with Crippen molar-refractivity contribution in [3.8, 4) is 0 Å². The number of anilines is 2. The van der Waals surface area contributed by atoms with Crippen LogP contribution in [0.3, 0.4) is 0 Å². The SMILES string of the molecule is CC(C)(N)CC(=O)N1C(=O)Cc2cc(N)ccc21. The van der Waals surface area contributed by atoms with Gasteiger partial charge in [-0.25, -0.2) is 4.90 Å². The average Bonchev–Trinajstić information content (AvgIpc) is 2.50. The van der Waals surface area contributed by atoms with Crippen molar-refractivity contribution in [2.75, 3.05) is 10.6 Å². The molecule has 0 bridgehead atoms. The molecular weight excluding hydrogens is 230 g/mol. The Bertz CT molecular complexity index is 517. The van der Waals surface area contributed by atoms with Gasteiger partial charge in [0, 0.05) is 17.6 Å². The molecule has 1 aliphatic heterocycles. The summed E-state index contributed by atoms with van der Waals surface area (Å²) in [5.74, 6) is -0.485. The normalized spacial score (nSPS) is 14.8. The van der Waals surface area contributed by atoms with Crippen LogP contribution in [0.25, 0.3) is 0 Å². The Balaban J connectivity index is 2.31. The van der Waals surface area contributed by atoms with Gasteiger partial charge in [0.05, 0.1) is 12.1 Å². The lowest BCUT2D eigenvalue weighted by atomic mass is 10.0. The van der Waals surface area contributed by atoms with Gasteiger partial charge in [-0.3, -0.25) is 9.59 Å². The lowest BCUT2D eigenvalue weighted by molar-refractivity contribution is -0.126. The van der Waals surface area contributed by atoms with Crippen LogP contribution in [0, 0.1) is 0 Å². The Kier molecular flexibility index (Phi) is 2.86. The van der Waals surface area contributed by atoms with Crippen molar-refractivity contribution in [2.24, 2.45) is 5.73 Å². The molecule has 0 radical (unpaired) electrons. The van der Waals surface area contributed by atoms with Crippen LogP contribution < -0.4 is 16.4 Å². The van der Waals surface area contributed by atoms with Crippen LogP contribution in [-0.4, -0.2) is 17.4 Å². The lowest BCUT2D eigenvalue weighted by Gasteiger charge is -2.22. The Labute approximate surface area is 106 Å². The molecule has 1 aromatic carbocycles. The molecule has 5 nitrogen and oxygen atoms in total. The largest absolute Gasteiger partial charge is 0.399 e. The van der Waals surface area contributed by atoms with Gasteiger partial charge in [0.15, 0.2) is 0 Å². The van der Waals surface area contributed by atoms with E-state index >= 15 is 0 Å². The molecule has 0 spiro atoms. The van der Waals surface area contributed by atoms with E-state index in [4.69, 9.17) is 11.5 Å². The van der Waals surface area contributed by atoms with Gasteiger partial charge in [-0.05, 0) is 37.6 Å². The Morgan fingerprint density at radius 3 is 2.72 bits per heavy atom. The van der Waals surface area contributed by atoms with Gasteiger partial charge < -0.3 is 11.5 Å². The van der Waals surface area contributed by atoms with Crippen LogP contribution in [0.15, 0.2) is 18.2 Å². The fraction of sp³-hybridized carbons (Fsp3) is 0.385. The highest BCUT2D eigenvalue weighted by molar-refractivity contribution is 6.19. The van der Waals surface area contributed by atoms with Gasteiger partial charge in [-0.15, -0.1) is 0 Å². The van der Waals surface area contributed by atoms with Gasteiger partial charge >= 0.3 is 0 Å². The summed E-state index contributed by atoms with van der Waals surface area (Å²) in [4.78, 5) is 25.2. The maximum absolute atomic E-state index is 12.1. The summed E-state index contributed by atoms with van der Waals surface area (Å²) in [5.41, 5.74) is 12.9. The smallest absolute Gasteiger partial charge is 0.238 e. The highest BCUT2D eigenvalue weighted by atomic mass is 16.2. The second-order valence-corrected chi connectivity index (χ2v) is 5.35. The first kappa shape index (κ1) is 12.6. The minimum atomic E-state index is -0.631. The lowest BCUT2D eigenvalue weighted by Crippen LogP contribution is -2.42. The van der Waals surface area contributed by atoms with E-state index in [1.807, 2.05) is 0 Å². The van der Waals surface area contributed by atoms with Gasteiger partial charge in [0.25, 0.3) is 0 Å². The van der Waals surface area contributed by atoms with Gasteiger partial charge in [0.1, 0.15) is 0 Å². The molecule has 0 aliphatic carbocycles. The van der Waals surface area contributed by atoms with Crippen molar-refractivity contribution in [1.29, 1.82) is 0 Å². The highest BCUT2D eigenvalue weighted by Gasteiger charge is 2.34. The molecule has 1 aromatic rings. The number of fused-ring (bicyclic) bond motifs is 1. The van der Waals surface area contributed by atoms with Crippen LogP contribution in [0.5, 0.6) is 0 Å². The predicted octanol–water partition coefficient (Wildman–Crippen LogP) is 0.812. The Hall–Kier alpha value is -1.88. The first-order chi connectivity index (χ1) is 8.28. The molecule has 1 heterocycles. The summed E-state index contributed by atoms with van der Waals surface area (Å²) in [5, 5.41) is 0. The number of nitrogens with two attached hydrogens (primary N) is 2. The second kappa shape index (κ2) is 4.10. The zero-order chi connectivity index (χ0) is 13.5. The van der Waals surface area contributed by atoms with Gasteiger partial charge in [-0.1, -0.05) is 0 Å². The monoisotopic (exact) mass is 247 g/mol. The minimum Gasteiger partial charge on any atom is -0.399 e. The maximum Gasteiger partial charge on any atom is 0.238 e. The van der Waals surface area contributed by atoms with E-state index in [1.165, 1.54) is 4.90 Å². The van der Waals surface area contributed by atoms with Crippen LogP contribution in [0.1, 0.15) is 25.8 Å². The molecule has 96 valence electrons. The summed E-state index contributed by atoms with van der Waals surface area (Å²) < 4.78 is 0. The minimum absolute atomic E-state index is 0.128. The van der Waals surface area contributed by atoms with E-state index < -0.39 is 5.54 Å². The molecule has 18 heavy (non-hydrogen) atoms. The van der Waals surface area contributed by atoms with Crippen molar-refractivity contribution in [3.05, 3.63) is 23.8 Å². The molecule has 1 aliphatic rings. The van der Waals surface area contributed by atoms with E-state index in [0.717, 1.165) is 5.56 Å². The Morgan fingerprint density at radius 2 is 2.11 bits per heavy atom. The summed E-state index contributed by atoms with van der Waals surface area (Å²) in [7, 11) is 0. The molecule has 0 atom stereocenters. The first-order valence-electron chi connectivity index (χ1n) is 5.81. The number of hydrogen-bond donors (Lipinski definition) is 2. The van der Waals surface area contributed by atoms with Crippen molar-refractivity contribution in [1.82, 2.24) is 0 Å². The molecular formula is C13H17N3O2. The molecule has 0 unspecified atom stereocenters. The summed E-state index contributed by atoms with van der Waals surface area (Å²) >= 11 is 0. The third-order valence-corrected chi connectivity index (χ3v) is 2.79. The molecule has 0 saturated carbocycles. The van der Waals surface area contributed by atoms with E-state index in [2.05, 4.69) is 0 Å². The first-order valence-corrected chi connectivity index (χ1v) is 5.81. The number of benzene rings is 1. The fourth-order valence-corrected chi connectivity index (χ4v) is 2.08. The van der Waals surface area contributed by atoms with Crippen LogP contribution >= 0.6 is 0 Å². The maximum atomic E-state index is 12.1. The molecule has 0 fully saturated rings. The number of hydrogen-bond acceptors (Lipinski definition) is 4. The average molecular weight is 247 g/mol. The van der Waals surface area contributed by atoms with Crippen LogP contribution in [0.4, 0.5) is 11.4 Å². The third-order valence-electron chi connectivity index (χ3n) is 2.79. The number of carbonyl (C=O) groups excluding carboxylic acids is 2. The molecule has 2 amide bonds. The molecule has 5 heteroatoms.